The molecule has 0 saturated carbocycles. The molecule has 0 amide bonds. The maximum Gasteiger partial charge on any atom is 0.121 e. The third-order valence-corrected chi connectivity index (χ3v) is 2.83. The lowest BCUT2D eigenvalue weighted by Crippen LogP contribution is -2.26. The van der Waals surface area contributed by atoms with Gasteiger partial charge in [0.1, 0.15) is 5.75 Å². The number of nitrogens with two attached hydrogens (primary N) is 1. The van der Waals surface area contributed by atoms with Crippen LogP contribution in [0, 0.1) is 0 Å². The lowest BCUT2D eigenvalue weighted by Gasteiger charge is -2.23. The number of nitrogens with one attached hydrogen (secondary N) is 1. The Labute approximate surface area is 83.9 Å². The van der Waals surface area contributed by atoms with Crippen LogP contribution in [-0.4, -0.2) is 18.2 Å². The molecule has 1 aliphatic heterocycles. The van der Waals surface area contributed by atoms with Gasteiger partial charge in [0.05, 0.1) is 0 Å². The fourth-order valence-electron chi connectivity index (χ4n) is 2.04. The first kappa shape index (κ1) is 9.34. The minimum atomic E-state index is 0.344. The summed E-state index contributed by atoms with van der Waals surface area (Å²) in [6.07, 6.45) is 2.19. The van der Waals surface area contributed by atoms with Gasteiger partial charge in [-0.25, -0.2) is 0 Å². The molecule has 1 aliphatic rings. The van der Waals surface area contributed by atoms with Crippen molar-refractivity contribution in [2.45, 2.75) is 18.8 Å². The van der Waals surface area contributed by atoms with E-state index in [0.717, 1.165) is 31.5 Å². The van der Waals surface area contributed by atoms with Gasteiger partial charge in [-0.2, -0.15) is 0 Å². The van der Waals surface area contributed by atoms with Crippen LogP contribution >= 0.6 is 0 Å². The van der Waals surface area contributed by atoms with Crippen molar-refractivity contribution in [2.75, 3.05) is 18.8 Å². The summed E-state index contributed by atoms with van der Waals surface area (Å²) in [4.78, 5) is 0. The quantitative estimate of drug-likeness (QED) is 0.590. The molecular formula is C11H16N2O. The first-order chi connectivity index (χ1) is 6.77. The van der Waals surface area contributed by atoms with Gasteiger partial charge in [-0.05, 0) is 43.5 Å². The number of benzene rings is 1. The van der Waals surface area contributed by atoms with Crippen molar-refractivity contribution in [2.24, 2.45) is 0 Å². The predicted octanol–water partition coefficient (Wildman–Crippen LogP) is 1.44. The Morgan fingerprint density at radius 2 is 2.00 bits per heavy atom. The molecule has 3 nitrogen and oxygen atoms in total. The maximum absolute atomic E-state index is 9.74. The van der Waals surface area contributed by atoms with Crippen molar-refractivity contribution in [3.05, 3.63) is 23.8 Å². The Hall–Kier alpha value is -1.22. The zero-order valence-electron chi connectivity index (χ0n) is 8.16. The highest BCUT2D eigenvalue weighted by molar-refractivity contribution is 5.49. The highest BCUT2D eigenvalue weighted by Gasteiger charge is 2.17. The number of phenols is 1. The van der Waals surface area contributed by atoms with Gasteiger partial charge in [-0.3, -0.25) is 0 Å². The first-order valence-corrected chi connectivity index (χ1v) is 5.06. The van der Waals surface area contributed by atoms with Crippen molar-refractivity contribution < 1.29 is 5.11 Å². The molecule has 0 spiro atoms. The van der Waals surface area contributed by atoms with Gasteiger partial charge in [0, 0.05) is 11.8 Å². The molecule has 0 aliphatic carbocycles. The molecular weight excluding hydrogens is 176 g/mol. The summed E-state index contributed by atoms with van der Waals surface area (Å²) in [5, 5.41) is 13.1. The van der Waals surface area contributed by atoms with E-state index < -0.39 is 0 Å². The number of hydrogen-bond acceptors (Lipinski definition) is 3. The lowest BCUT2D eigenvalue weighted by atomic mass is 9.89. The van der Waals surface area contributed by atoms with Crippen LogP contribution in [0.15, 0.2) is 18.2 Å². The molecule has 2 rings (SSSR count). The molecule has 1 fully saturated rings. The summed E-state index contributed by atoms with van der Waals surface area (Å²) >= 11 is 0. The van der Waals surface area contributed by atoms with Crippen molar-refractivity contribution in [1.82, 2.24) is 5.32 Å². The van der Waals surface area contributed by atoms with Crippen molar-refractivity contribution in [3.63, 3.8) is 0 Å². The van der Waals surface area contributed by atoms with Crippen molar-refractivity contribution in [3.8, 4) is 5.75 Å². The molecule has 3 heteroatoms. The van der Waals surface area contributed by atoms with Gasteiger partial charge >= 0.3 is 0 Å². The van der Waals surface area contributed by atoms with Crippen LogP contribution in [0.5, 0.6) is 5.75 Å². The average molecular weight is 192 g/mol. The number of anilines is 1. The van der Waals surface area contributed by atoms with E-state index in [-0.39, 0.29) is 0 Å². The Balaban J connectivity index is 2.22. The van der Waals surface area contributed by atoms with E-state index in [1.807, 2.05) is 12.1 Å². The Morgan fingerprint density at radius 1 is 1.29 bits per heavy atom. The maximum atomic E-state index is 9.74. The first-order valence-electron chi connectivity index (χ1n) is 5.06. The molecule has 0 bridgehead atoms. The molecule has 14 heavy (non-hydrogen) atoms. The standard InChI is InChI=1S/C11H16N2O/c12-9-1-2-10(11(14)7-9)8-3-5-13-6-4-8/h1-2,7-8,13-14H,3-6,12H2. The second-order valence-corrected chi connectivity index (χ2v) is 3.84. The van der Waals surface area contributed by atoms with Crippen LogP contribution in [0.2, 0.25) is 0 Å². The average Bonchev–Trinajstić information content (AvgIpc) is 2.19. The van der Waals surface area contributed by atoms with Crippen molar-refractivity contribution in [1.29, 1.82) is 0 Å². The van der Waals surface area contributed by atoms with E-state index >= 15 is 0 Å². The molecule has 1 saturated heterocycles. The third-order valence-electron chi connectivity index (χ3n) is 2.83. The third kappa shape index (κ3) is 1.82. The summed E-state index contributed by atoms with van der Waals surface area (Å²) < 4.78 is 0. The van der Waals surface area contributed by atoms with E-state index in [9.17, 15) is 5.11 Å². The minimum absolute atomic E-state index is 0.344. The van der Waals surface area contributed by atoms with E-state index in [1.165, 1.54) is 0 Å². The number of hydrogen-bond donors (Lipinski definition) is 3. The van der Waals surface area contributed by atoms with Gasteiger partial charge in [-0.1, -0.05) is 6.07 Å². The summed E-state index contributed by atoms with van der Waals surface area (Å²) in [6.45, 7) is 2.07. The van der Waals surface area contributed by atoms with Crippen LogP contribution in [0.3, 0.4) is 0 Å². The summed E-state index contributed by atoms with van der Waals surface area (Å²) in [5.74, 6) is 0.828. The second-order valence-electron chi connectivity index (χ2n) is 3.84. The van der Waals surface area contributed by atoms with Crippen LogP contribution in [-0.2, 0) is 0 Å². The summed E-state index contributed by atoms with van der Waals surface area (Å²) in [7, 11) is 0. The Bertz CT molecular complexity index is 319. The smallest absolute Gasteiger partial charge is 0.121 e. The minimum Gasteiger partial charge on any atom is -0.508 e. The van der Waals surface area contributed by atoms with E-state index in [2.05, 4.69) is 5.32 Å². The van der Waals surface area contributed by atoms with Gasteiger partial charge in [0.25, 0.3) is 0 Å². The van der Waals surface area contributed by atoms with Crippen LogP contribution in [0.25, 0.3) is 0 Å². The molecule has 0 unspecified atom stereocenters. The zero-order chi connectivity index (χ0) is 9.97. The topological polar surface area (TPSA) is 58.3 Å². The highest BCUT2D eigenvalue weighted by Crippen LogP contribution is 2.32. The Kier molecular flexibility index (Phi) is 2.59. The molecule has 0 aromatic heterocycles. The van der Waals surface area contributed by atoms with E-state index in [4.69, 9.17) is 5.73 Å². The van der Waals surface area contributed by atoms with Crippen LogP contribution < -0.4 is 11.1 Å². The van der Waals surface area contributed by atoms with Gasteiger partial charge in [-0.15, -0.1) is 0 Å². The molecule has 4 N–H and O–H groups in total. The predicted molar refractivity (Wildman–Crippen MR) is 57.4 cm³/mol. The number of nitrogen functional groups attached to an aromatic ring is 1. The normalized spacial score (nSPS) is 18.3. The SMILES string of the molecule is Nc1ccc(C2CCNCC2)c(O)c1. The molecule has 1 aromatic rings. The fraction of sp³-hybridized carbons (Fsp3) is 0.455. The van der Waals surface area contributed by atoms with Gasteiger partial charge in [0.2, 0.25) is 0 Å². The molecule has 1 aromatic carbocycles. The monoisotopic (exact) mass is 192 g/mol. The second kappa shape index (κ2) is 3.88. The van der Waals surface area contributed by atoms with Crippen LogP contribution in [0.4, 0.5) is 5.69 Å². The number of phenolic OH excluding ortho intramolecular Hbond substituents is 1. The summed E-state index contributed by atoms with van der Waals surface area (Å²) in [5.41, 5.74) is 7.25. The molecule has 76 valence electrons. The molecule has 1 heterocycles. The summed E-state index contributed by atoms with van der Waals surface area (Å²) in [6, 6.07) is 5.44. The van der Waals surface area contributed by atoms with Crippen molar-refractivity contribution >= 4 is 5.69 Å². The Morgan fingerprint density at radius 3 is 2.64 bits per heavy atom. The highest BCUT2D eigenvalue weighted by atomic mass is 16.3. The number of piperidine rings is 1. The fourth-order valence-corrected chi connectivity index (χ4v) is 2.04. The largest absolute Gasteiger partial charge is 0.508 e. The molecule has 0 radical (unpaired) electrons. The number of aromatic hydroxyl groups is 1. The zero-order valence-corrected chi connectivity index (χ0v) is 8.16. The van der Waals surface area contributed by atoms with E-state index in [1.54, 1.807) is 6.07 Å². The number of rotatable bonds is 1. The molecule has 0 atom stereocenters. The van der Waals surface area contributed by atoms with Crippen LogP contribution in [0.1, 0.15) is 24.3 Å². The van der Waals surface area contributed by atoms with E-state index in [0.29, 0.717) is 17.4 Å². The van der Waals surface area contributed by atoms with Gasteiger partial charge in [0.15, 0.2) is 0 Å². The lowest BCUT2D eigenvalue weighted by molar-refractivity contribution is 0.425. The van der Waals surface area contributed by atoms with Gasteiger partial charge < -0.3 is 16.2 Å².